The number of rotatable bonds is 0. The number of fused-ring (bicyclic) bond motifs is 5. The number of aryl methyl sites for hydroxylation is 2. The van der Waals surface area contributed by atoms with Gasteiger partial charge in [-0.2, -0.15) is 0 Å². The molecule has 3 unspecified atom stereocenters. The fourth-order valence-electron chi connectivity index (χ4n) is 4.34. The summed E-state index contributed by atoms with van der Waals surface area (Å²) in [5.41, 5.74) is 8.66. The fraction of sp³-hybridized carbons (Fsp3) is 0.333. The molecule has 2 aliphatic rings. The maximum Gasteiger partial charge on any atom is 0.0738 e. The van der Waals surface area contributed by atoms with Gasteiger partial charge in [-0.15, -0.1) is 0 Å². The zero-order valence-electron chi connectivity index (χ0n) is 13.8. The molecule has 0 bridgehead atoms. The van der Waals surface area contributed by atoms with Crippen molar-refractivity contribution < 1.29 is 0 Å². The Morgan fingerprint density at radius 2 is 1.55 bits per heavy atom. The van der Waals surface area contributed by atoms with Gasteiger partial charge in [0.2, 0.25) is 0 Å². The average molecular weight is 289 g/mol. The Labute approximate surface area is 133 Å². The molecule has 22 heavy (non-hydrogen) atoms. The first-order chi connectivity index (χ1) is 10.6. The molecule has 1 heteroatoms. The van der Waals surface area contributed by atoms with E-state index >= 15 is 0 Å². The van der Waals surface area contributed by atoms with Crippen molar-refractivity contribution in [3.05, 3.63) is 70.3 Å². The summed E-state index contributed by atoms with van der Waals surface area (Å²) >= 11 is 0. The van der Waals surface area contributed by atoms with Gasteiger partial charge < -0.3 is 4.90 Å². The van der Waals surface area contributed by atoms with E-state index in [0.717, 1.165) is 0 Å². The maximum absolute atomic E-state index is 2.62. The minimum absolute atomic E-state index is 0.371. The number of hydrogen-bond donors (Lipinski definition) is 0. The van der Waals surface area contributed by atoms with Crippen LogP contribution in [0.5, 0.6) is 0 Å². The van der Waals surface area contributed by atoms with Crippen molar-refractivity contribution in [3.63, 3.8) is 0 Å². The Balaban J connectivity index is 1.99. The Kier molecular flexibility index (Phi) is 2.94. The third-order valence-electron chi connectivity index (χ3n) is 5.61. The van der Waals surface area contributed by atoms with Crippen LogP contribution in [0.25, 0.3) is 6.08 Å². The van der Waals surface area contributed by atoms with Gasteiger partial charge in [-0.3, -0.25) is 0 Å². The van der Waals surface area contributed by atoms with Crippen LogP contribution < -0.4 is 4.90 Å². The van der Waals surface area contributed by atoms with Gasteiger partial charge in [0.15, 0.2) is 0 Å². The minimum atomic E-state index is 0.371. The maximum atomic E-state index is 2.62. The topological polar surface area (TPSA) is 3.24 Å². The molecule has 3 atom stereocenters. The predicted octanol–water partition coefficient (Wildman–Crippen LogP) is 5.38. The Morgan fingerprint density at radius 3 is 2.32 bits per heavy atom. The standard InChI is InChI=1S/C21H23N/c1-13-9-10-14(2)21-19-12-11-17-7-5-6-8-18(17)22(19)16(4)15(3)20(13)21/h5-12,15-16,19H,1-4H3. The van der Waals surface area contributed by atoms with Crippen LogP contribution in [-0.4, -0.2) is 6.04 Å². The largest absolute Gasteiger partial charge is 0.357 e. The summed E-state index contributed by atoms with van der Waals surface area (Å²) in [5, 5.41) is 0. The van der Waals surface area contributed by atoms with Gasteiger partial charge in [0.25, 0.3) is 0 Å². The van der Waals surface area contributed by atoms with E-state index in [1.54, 1.807) is 5.56 Å². The van der Waals surface area contributed by atoms with E-state index in [2.05, 4.69) is 81.1 Å². The molecule has 4 rings (SSSR count). The molecule has 1 nitrogen and oxygen atoms in total. The Morgan fingerprint density at radius 1 is 0.864 bits per heavy atom. The highest BCUT2D eigenvalue weighted by Gasteiger charge is 2.38. The highest BCUT2D eigenvalue weighted by Crippen LogP contribution is 2.48. The molecule has 0 radical (unpaired) electrons. The summed E-state index contributed by atoms with van der Waals surface area (Å²) in [6.45, 7) is 9.27. The van der Waals surface area contributed by atoms with Crippen LogP contribution >= 0.6 is 0 Å². The third-order valence-corrected chi connectivity index (χ3v) is 5.61. The Hall–Kier alpha value is -2.02. The van der Waals surface area contributed by atoms with Gasteiger partial charge in [0.05, 0.1) is 6.04 Å². The van der Waals surface area contributed by atoms with Crippen molar-refractivity contribution >= 4 is 11.8 Å². The zero-order valence-corrected chi connectivity index (χ0v) is 13.8. The highest BCUT2D eigenvalue weighted by atomic mass is 15.2. The fourth-order valence-corrected chi connectivity index (χ4v) is 4.34. The molecular weight excluding hydrogens is 266 g/mol. The normalized spacial score (nSPS) is 25.5. The van der Waals surface area contributed by atoms with Gasteiger partial charge in [-0.25, -0.2) is 0 Å². The molecule has 2 aliphatic heterocycles. The molecule has 0 saturated heterocycles. The number of para-hydroxylation sites is 1. The second-order valence-electron chi connectivity index (χ2n) is 6.83. The molecular formula is C21H23N. The summed E-state index contributed by atoms with van der Waals surface area (Å²) in [4.78, 5) is 2.62. The van der Waals surface area contributed by atoms with Crippen LogP contribution in [0.3, 0.4) is 0 Å². The summed E-state index contributed by atoms with van der Waals surface area (Å²) < 4.78 is 0. The minimum Gasteiger partial charge on any atom is -0.357 e. The highest BCUT2D eigenvalue weighted by molar-refractivity contribution is 5.75. The molecule has 2 aromatic carbocycles. The average Bonchev–Trinajstić information content (AvgIpc) is 2.54. The first kappa shape index (κ1) is 13.6. The summed E-state index contributed by atoms with van der Waals surface area (Å²) in [6, 6.07) is 14.2. The van der Waals surface area contributed by atoms with Crippen molar-refractivity contribution in [3.8, 4) is 0 Å². The van der Waals surface area contributed by atoms with Crippen LogP contribution in [0.2, 0.25) is 0 Å². The van der Waals surface area contributed by atoms with Gasteiger partial charge in [0, 0.05) is 17.6 Å². The van der Waals surface area contributed by atoms with E-state index in [0.29, 0.717) is 18.0 Å². The Bertz CT molecular complexity index is 771. The molecule has 0 amide bonds. The number of anilines is 1. The first-order valence-electron chi connectivity index (χ1n) is 8.25. The van der Waals surface area contributed by atoms with E-state index in [1.165, 1.54) is 27.9 Å². The van der Waals surface area contributed by atoms with Crippen molar-refractivity contribution in [2.75, 3.05) is 4.90 Å². The lowest BCUT2D eigenvalue weighted by molar-refractivity contribution is 0.481. The predicted molar refractivity (Wildman–Crippen MR) is 94.5 cm³/mol. The molecule has 0 N–H and O–H groups in total. The van der Waals surface area contributed by atoms with Crippen LogP contribution in [0.1, 0.15) is 53.6 Å². The molecule has 0 aliphatic carbocycles. The summed E-state index contributed by atoms with van der Waals surface area (Å²) in [6.07, 6.45) is 4.68. The quantitative estimate of drug-likeness (QED) is 0.629. The van der Waals surface area contributed by atoms with E-state index in [-0.39, 0.29) is 0 Å². The molecule has 0 saturated carbocycles. The van der Waals surface area contributed by atoms with Crippen molar-refractivity contribution in [1.82, 2.24) is 0 Å². The third kappa shape index (κ3) is 1.71. The number of hydrogen-bond acceptors (Lipinski definition) is 1. The molecule has 0 fully saturated rings. The zero-order chi connectivity index (χ0) is 15.4. The van der Waals surface area contributed by atoms with E-state index in [4.69, 9.17) is 0 Å². The van der Waals surface area contributed by atoms with Gasteiger partial charge in [0.1, 0.15) is 0 Å². The van der Waals surface area contributed by atoms with Gasteiger partial charge in [-0.05, 0) is 54.7 Å². The van der Waals surface area contributed by atoms with Crippen molar-refractivity contribution in [2.45, 2.75) is 45.7 Å². The number of nitrogens with zero attached hydrogens (tertiary/aromatic N) is 1. The van der Waals surface area contributed by atoms with Crippen molar-refractivity contribution in [1.29, 1.82) is 0 Å². The summed E-state index contributed by atoms with van der Waals surface area (Å²) in [7, 11) is 0. The van der Waals surface area contributed by atoms with Crippen LogP contribution in [0, 0.1) is 13.8 Å². The van der Waals surface area contributed by atoms with Gasteiger partial charge >= 0.3 is 0 Å². The van der Waals surface area contributed by atoms with E-state index < -0.39 is 0 Å². The van der Waals surface area contributed by atoms with Crippen LogP contribution in [0.15, 0.2) is 42.5 Å². The van der Waals surface area contributed by atoms with Gasteiger partial charge in [-0.1, -0.05) is 49.4 Å². The smallest absolute Gasteiger partial charge is 0.0738 e. The lowest BCUT2D eigenvalue weighted by Crippen LogP contribution is -2.45. The second kappa shape index (κ2) is 4.74. The SMILES string of the molecule is Cc1ccc(C)c2c1C(C)C(C)N1c3ccccc3C=CC21. The molecule has 0 aromatic heterocycles. The molecule has 2 heterocycles. The van der Waals surface area contributed by atoms with Crippen molar-refractivity contribution in [2.24, 2.45) is 0 Å². The molecule has 112 valence electrons. The van der Waals surface area contributed by atoms with Crippen LogP contribution in [-0.2, 0) is 0 Å². The second-order valence-corrected chi connectivity index (χ2v) is 6.83. The van der Waals surface area contributed by atoms with E-state index in [1.807, 2.05) is 0 Å². The van der Waals surface area contributed by atoms with E-state index in [9.17, 15) is 0 Å². The summed E-state index contributed by atoms with van der Waals surface area (Å²) in [5.74, 6) is 0.547. The van der Waals surface area contributed by atoms with Crippen LogP contribution in [0.4, 0.5) is 5.69 Å². The number of benzene rings is 2. The lowest BCUT2D eigenvalue weighted by atomic mass is 9.76. The lowest BCUT2D eigenvalue weighted by Gasteiger charge is -2.49. The first-order valence-corrected chi connectivity index (χ1v) is 8.25. The molecule has 2 aromatic rings. The monoisotopic (exact) mass is 289 g/mol. The molecule has 0 spiro atoms.